The molecule has 0 unspecified atom stereocenters. The molecule has 0 radical (unpaired) electrons. The number of non-ortho nitro benzene ring substituents is 2. The highest BCUT2D eigenvalue weighted by Gasteiger charge is 2.31. The van der Waals surface area contributed by atoms with Gasteiger partial charge in [-0.05, 0) is 54.8 Å². The number of nitrogens with one attached hydrogen (secondary N) is 2. The van der Waals surface area contributed by atoms with E-state index in [4.69, 9.17) is 20.6 Å². The maximum Gasteiger partial charge on any atom is 0.277 e. The van der Waals surface area contributed by atoms with E-state index in [2.05, 4.69) is 25.0 Å². The molecule has 4 N–H and O–H groups in total. The number of ether oxygens (including phenoxy) is 1. The topological polar surface area (TPSA) is 287 Å². The molecule has 24 heteroatoms. The van der Waals surface area contributed by atoms with Gasteiger partial charge in [-0.25, -0.2) is 49.5 Å². The van der Waals surface area contributed by atoms with Crippen molar-refractivity contribution in [3.05, 3.63) is 130 Å². The quantitative estimate of drug-likeness (QED) is 0.0734. The van der Waals surface area contributed by atoms with Crippen LogP contribution in [-0.2, 0) is 29.1 Å². The first-order valence-corrected chi connectivity index (χ1v) is 21.6. The number of hydrogen-bond donors (Lipinski definition) is 3. The van der Waals surface area contributed by atoms with Gasteiger partial charge in [0, 0.05) is 76.2 Å². The molecule has 4 aromatic carbocycles. The van der Waals surface area contributed by atoms with Crippen molar-refractivity contribution in [3.8, 4) is 22.6 Å². The number of benzene rings is 4. The fourth-order valence-corrected chi connectivity index (χ4v) is 7.97. The third-order valence-electron chi connectivity index (χ3n) is 8.02. The number of halogens is 2. The second-order valence-electron chi connectivity index (χ2n) is 12.3. The van der Waals surface area contributed by atoms with Crippen molar-refractivity contribution in [2.75, 3.05) is 5.32 Å². The lowest BCUT2D eigenvalue weighted by Crippen LogP contribution is -2.26. The number of nitro groups is 2. The SMILES string of the molecule is NS(=O)(=O)c1cc(Nc2c(S(=O)(=O)NC3CC3)cnc3cc(-c4cncnc4)ccc23)cc(Oc2ccc(F)cc2)c1.O=[N+]([O-])c1cc([N+](=O)[O-])cc(S(=O)(=O)Cl)c1. The standard InChI is InChI=1S/C28H23FN6O5S2.C6H3ClN2O6S/c29-19-2-6-22(7-3-19)40-23-10-21(11-24(12-23)41(30,36)37)34-28-25-8-1-17(18-13-31-16-32-14-18)9-26(25)33-15-27(28)42(38,39)35-20-4-5-20;7-16(14,15)6-2-4(8(10)11)1-5(3-6)9(12)13/h1-3,6-16,20,35H,4-5H2,(H,33,34)(H2,30,36,37);1-3H. The lowest BCUT2D eigenvalue weighted by atomic mass is 10.1. The summed E-state index contributed by atoms with van der Waals surface area (Å²) in [6.45, 7) is 0. The highest BCUT2D eigenvalue weighted by molar-refractivity contribution is 8.13. The van der Waals surface area contributed by atoms with Gasteiger partial charge in [-0.2, -0.15) is 0 Å². The largest absolute Gasteiger partial charge is 0.457 e. The van der Waals surface area contributed by atoms with E-state index in [-0.39, 0.29) is 38.7 Å². The summed E-state index contributed by atoms with van der Waals surface area (Å²) >= 11 is 0. The lowest BCUT2D eigenvalue weighted by Gasteiger charge is -2.17. The molecule has 7 rings (SSSR count). The number of nitrogens with two attached hydrogens (primary N) is 1. The van der Waals surface area contributed by atoms with Crippen LogP contribution in [0.25, 0.3) is 22.0 Å². The average Bonchev–Trinajstić information content (AvgIpc) is 3.98. The van der Waals surface area contributed by atoms with Gasteiger partial charge in [0.15, 0.2) is 0 Å². The molecular weight excluding hydrogens is 847 g/mol. The zero-order valence-corrected chi connectivity index (χ0v) is 32.3. The second-order valence-corrected chi connectivity index (χ2v) is 18.1. The number of nitrogens with zero attached hydrogens (tertiary/aromatic N) is 5. The number of pyridine rings is 1. The van der Waals surface area contributed by atoms with Crippen molar-refractivity contribution < 1.29 is 44.2 Å². The number of anilines is 2. The summed E-state index contributed by atoms with van der Waals surface area (Å²) in [5, 5.41) is 29.8. The van der Waals surface area contributed by atoms with E-state index < -0.39 is 61.0 Å². The molecule has 58 heavy (non-hydrogen) atoms. The Balaban J connectivity index is 0.000000299. The first kappa shape index (κ1) is 41.4. The second kappa shape index (κ2) is 16.3. The molecule has 6 aromatic rings. The number of sulfonamides is 2. The first-order chi connectivity index (χ1) is 27.3. The maximum absolute atomic E-state index is 13.4. The Hall–Kier alpha value is -6.24. The zero-order chi connectivity index (χ0) is 42.0. The van der Waals surface area contributed by atoms with Crippen LogP contribution in [0.1, 0.15) is 12.8 Å². The summed E-state index contributed by atoms with van der Waals surface area (Å²) in [7, 11) is -7.52. The number of rotatable bonds is 12. The van der Waals surface area contributed by atoms with Crippen LogP contribution < -0.4 is 19.9 Å². The fourth-order valence-electron chi connectivity index (χ4n) is 5.19. The van der Waals surface area contributed by atoms with Gasteiger partial charge in [0.2, 0.25) is 20.0 Å². The summed E-state index contributed by atoms with van der Waals surface area (Å²) < 4.78 is 95.1. The molecule has 0 spiro atoms. The van der Waals surface area contributed by atoms with Gasteiger partial charge in [0.05, 0.1) is 36.9 Å². The predicted molar refractivity (Wildman–Crippen MR) is 206 cm³/mol. The van der Waals surface area contributed by atoms with Crippen LogP contribution in [0.4, 0.5) is 27.1 Å². The van der Waals surface area contributed by atoms with Crippen molar-refractivity contribution in [1.29, 1.82) is 0 Å². The summed E-state index contributed by atoms with van der Waals surface area (Å²) in [6, 6.07) is 16.1. The Kier molecular flexibility index (Phi) is 11.6. The molecule has 2 heterocycles. The van der Waals surface area contributed by atoms with Crippen LogP contribution in [0.3, 0.4) is 0 Å². The van der Waals surface area contributed by atoms with E-state index >= 15 is 0 Å². The van der Waals surface area contributed by atoms with Gasteiger partial charge in [-0.3, -0.25) is 25.2 Å². The minimum Gasteiger partial charge on any atom is -0.457 e. The molecule has 0 aliphatic heterocycles. The van der Waals surface area contributed by atoms with Crippen LogP contribution >= 0.6 is 10.7 Å². The molecule has 1 aliphatic rings. The minimum atomic E-state index is -4.25. The van der Waals surface area contributed by atoms with Crippen molar-refractivity contribution in [2.45, 2.75) is 33.6 Å². The summed E-state index contributed by atoms with van der Waals surface area (Å²) in [5.41, 5.74) is 0.889. The lowest BCUT2D eigenvalue weighted by molar-refractivity contribution is -0.394. The number of nitro benzene ring substituents is 2. The highest BCUT2D eigenvalue weighted by Crippen LogP contribution is 2.37. The van der Waals surface area contributed by atoms with Crippen LogP contribution in [0.2, 0.25) is 0 Å². The Labute approximate surface area is 332 Å². The summed E-state index contributed by atoms with van der Waals surface area (Å²) in [6.07, 6.45) is 7.41. The van der Waals surface area contributed by atoms with Crippen LogP contribution in [0, 0.1) is 26.0 Å². The van der Waals surface area contributed by atoms with Crippen molar-refractivity contribution >= 4 is 73.4 Å². The molecule has 1 aliphatic carbocycles. The van der Waals surface area contributed by atoms with Crippen LogP contribution in [0.5, 0.6) is 11.5 Å². The number of primary sulfonamides is 1. The van der Waals surface area contributed by atoms with E-state index in [1.54, 1.807) is 30.6 Å². The molecule has 1 saturated carbocycles. The molecule has 300 valence electrons. The smallest absolute Gasteiger partial charge is 0.277 e. The fraction of sp³-hybridized carbons (Fsp3) is 0.0882. The molecule has 2 aromatic heterocycles. The normalized spacial score (nSPS) is 12.9. The Bertz CT molecular complexity index is 2890. The van der Waals surface area contributed by atoms with Crippen molar-refractivity contribution in [3.63, 3.8) is 0 Å². The van der Waals surface area contributed by atoms with Gasteiger partial charge in [-0.1, -0.05) is 12.1 Å². The molecule has 0 bridgehead atoms. The minimum absolute atomic E-state index is 0.0703. The Morgan fingerprint density at radius 3 is 1.98 bits per heavy atom. The van der Waals surface area contributed by atoms with Gasteiger partial charge < -0.3 is 10.1 Å². The highest BCUT2D eigenvalue weighted by atomic mass is 35.7. The van der Waals surface area contributed by atoms with Crippen molar-refractivity contribution in [1.82, 2.24) is 19.7 Å². The van der Waals surface area contributed by atoms with E-state index in [9.17, 15) is 49.9 Å². The van der Waals surface area contributed by atoms with E-state index in [1.807, 2.05) is 0 Å². The monoisotopic (exact) mass is 872 g/mol. The summed E-state index contributed by atoms with van der Waals surface area (Å²) in [4.78, 5) is 30.3. The third kappa shape index (κ3) is 10.2. The number of hydrogen-bond acceptors (Lipinski definition) is 15. The van der Waals surface area contributed by atoms with E-state index in [0.717, 1.165) is 24.0 Å². The van der Waals surface area contributed by atoms with Gasteiger partial charge >= 0.3 is 0 Å². The molecule has 19 nitrogen and oxygen atoms in total. The number of fused-ring (bicyclic) bond motifs is 1. The Morgan fingerprint density at radius 2 is 1.41 bits per heavy atom. The molecule has 0 amide bonds. The Morgan fingerprint density at radius 1 is 0.776 bits per heavy atom. The third-order valence-corrected chi connectivity index (χ3v) is 11.8. The molecule has 1 fully saturated rings. The first-order valence-electron chi connectivity index (χ1n) is 16.2. The number of aromatic nitrogens is 3. The van der Waals surface area contributed by atoms with Crippen LogP contribution in [0.15, 0.2) is 118 Å². The molecular formula is C34H26ClFN8O11S3. The predicted octanol–water partition coefficient (Wildman–Crippen LogP) is 5.89. The molecule has 0 atom stereocenters. The van der Waals surface area contributed by atoms with Crippen LogP contribution in [-0.4, -0.2) is 56.1 Å². The van der Waals surface area contributed by atoms with Gasteiger partial charge in [-0.15, -0.1) is 0 Å². The van der Waals surface area contributed by atoms with Gasteiger partial charge in [0.25, 0.3) is 20.4 Å². The van der Waals surface area contributed by atoms with E-state index in [0.29, 0.717) is 29.1 Å². The van der Waals surface area contributed by atoms with E-state index in [1.165, 1.54) is 55.0 Å². The van der Waals surface area contributed by atoms with Crippen molar-refractivity contribution in [2.24, 2.45) is 5.14 Å². The maximum atomic E-state index is 13.4. The van der Waals surface area contributed by atoms with Gasteiger partial charge in [0.1, 0.15) is 28.5 Å². The average molecular weight is 873 g/mol. The summed E-state index contributed by atoms with van der Waals surface area (Å²) in [5.74, 6) is -0.150. The molecule has 0 saturated heterocycles. The zero-order valence-electron chi connectivity index (χ0n) is 29.1.